The van der Waals surface area contributed by atoms with Gasteiger partial charge in [0.15, 0.2) is 0 Å². The van der Waals surface area contributed by atoms with Crippen LogP contribution in [0.25, 0.3) is 0 Å². The Balaban J connectivity index is 2.44. The molecule has 1 aromatic carbocycles. The zero-order chi connectivity index (χ0) is 7.68. The molecule has 1 unspecified atom stereocenters. The Kier molecular flexibility index (Phi) is 1.55. The van der Waals surface area contributed by atoms with E-state index in [4.69, 9.17) is 4.74 Å². The Labute approximate surface area is 66.0 Å². The molecule has 0 bridgehead atoms. The Morgan fingerprint density at radius 1 is 1.36 bits per heavy atom. The summed E-state index contributed by atoms with van der Waals surface area (Å²) in [5, 5.41) is 0. The number of para-hydroxylation sites is 1. The van der Waals surface area contributed by atoms with E-state index in [0.717, 1.165) is 18.8 Å². The predicted molar refractivity (Wildman–Crippen MR) is 42.2 cm³/mol. The first-order valence-electron chi connectivity index (χ1n) is 3.93. The van der Waals surface area contributed by atoms with Crippen LogP contribution in [0.15, 0.2) is 24.3 Å². The molecule has 0 aliphatic carbocycles. The van der Waals surface area contributed by atoms with Crippen molar-refractivity contribution in [3.05, 3.63) is 29.8 Å². The lowest BCUT2D eigenvalue weighted by Gasteiger charge is -2.19. The summed E-state index contributed by atoms with van der Waals surface area (Å²) in [4.78, 5) is 0. The lowest BCUT2D eigenvalue weighted by molar-refractivity contribution is -0.430. The summed E-state index contributed by atoms with van der Waals surface area (Å²) in [5.41, 5.74) is 5.31. The van der Waals surface area contributed by atoms with Gasteiger partial charge in [-0.3, -0.25) is 0 Å². The predicted octanol–water partition coefficient (Wildman–Crippen LogP) is 0.752. The fraction of sp³-hybridized carbons (Fsp3) is 0.333. The summed E-state index contributed by atoms with van der Waals surface area (Å²) >= 11 is 0. The van der Waals surface area contributed by atoms with Crippen molar-refractivity contribution in [3.63, 3.8) is 0 Å². The zero-order valence-corrected chi connectivity index (χ0v) is 6.42. The summed E-state index contributed by atoms with van der Waals surface area (Å²) in [6.45, 7) is 0.811. The average Bonchev–Trinajstić information content (AvgIpc) is 2.06. The summed E-state index contributed by atoms with van der Waals surface area (Å²) < 4.78 is 5.45. The van der Waals surface area contributed by atoms with Gasteiger partial charge in [-0.1, -0.05) is 12.1 Å². The Morgan fingerprint density at radius 3 is 3.00 bits per heavy atom. The second kappa shape index (κ2) is 2.55. The molecule has 0 saturated carbocycles. The molecule has 0 spiro atoms. The van der Waals surface area contributed by atoms with Crippen molar-refractivity contribution >= 4 is 0 Å². The van der Waals surface area contributed by atoms with Crippen LogP contribution in [0.2, 0.25) is 0 Å². The molecule has 1 atom stereocenters. The van der Waals surface area contributed by atoms with Crippen LogP contribution < -0.4 is 10.5 Å². The van der Waals surface area contributed by atoms with Gasteiger partial charge >= 0.3 is 0 Å². The standard InChI is InChI=1S/C9H11NO/c10-8-5-6-11-9-4-2-1-3-7(8)9/h1-4,8H,5-6,10H2/p+1. The minimum Gasteiger partial charge on any atom is -0.493 e. The van der Waals surface area contributed by atoms with Crippen molar-refractivity contribution in [2.24, 2.45) is 0 Å². The summed E-state index contributed by atoms with van der Waals surface area (Å²) in [6.07, 6.45) is 1.04. The van der Waals surface area contributed by atoms with Crippen molar-refractivity contribution < 1.29 is 10.5 Å². The van der Waals surface area contributed by atoms with E-state index < -0.39 is 0 Å². The van der Waals surface area contributed by atoms with Crippen molar-refractivity contribution in [1.82, 2.24) is 0 Å². The van der Waals surface area contributed by atoms with E-state index in [2.05, 4.69) is 11.8 Å². The van der Waals surface area contributed by atoms with Gasteiger partial charge in [-0.15, -0.1) is 0 Å². The Bertz CT molecular complexity index is 259. The number of hydrogen-bond acceptors (Lipinski definition) is 1. The highest BCUT2D eigenvalue weighted by molar-refractivity contribution is 5.35. The van der Waals surface area contributed by atoms with E-state index in [1.165, 1.54) is 5.56 Å². The molecule has 1 heterocycles. The molecule has 1 aromatic rings. The Morgan fingerprint density at radius 2 is 2.18 bits per heavy atom. The SMILES string of the molecule is [NH3+]C1CCOc2ccccc21. The van der Waals surface area contributed by atoms with Crippen LogP contribution in [0.1, 0.15) is 18.0 Å². The monoisotopic (exact) mass is 150 g/mol. The van der Waals surface area contributed by atoms with Gasteiger partial charge < -0.3 is 10.5 Å². The van der Waals surface area contributed by atoms with E-state index in [1.807, 2.05) is 18.2 Å². The van der Waals surface area contributed by atoms with Crippen LogP contribution in [-0.4, -0.2) is 6.61 Å². The zero-order valence-electron chi connectivity index (χ0n) is 6.42. The topological polar surface area (TPSA) is 36.9 Å². The van der Waals surface area contributed by atoms with Gasteiger partial charge in [-0.05, 0) is 12.1 Å². The van der Waals surface area contributed by atoms with Gasteiger partial charge in [0, 0.05) is 6.42 Å². The summed E-state index contributed by atoms with van der Waals surface area (Å²) in [7, 11) is 0. The van der Waals surface area contributed by atoms with Crippen molar-refractivity contribution in [1.29, 1.82) is 0 Å². The highest BCUT2D eigenvalue weighted by atomic mass is 16.5. The van der Waals surface area contributed by atoms with Gasteiger partial charge in [-0.25, -0.2) is 0 Å². The maximum Gasteiger partial charge on any atom is 0.128 e. The molecule has 2 heteroatoms. The number of quaternary nitrogens is 1. The molecule has 0 radical (unpaired) electrons. The molecule has 2 rings (SSSR count). The third-order valence-corrected chi connectivity index (χ3v) is 2.08. The van der Waals surface area contributed by atoms with Crippen LogP contribution in [0.5, 0.6) is 5.75 Å². The highest BCUT2D eigenvalue weighted by Gasteiger charge is 2.19. The van der Waals surface area contributed by atoms with E-state index in [0.29, 0.717) is 6.04 Å². The van der Waals surface area contributed by atoms with E-state index in [-0.39, 0.29) is 0 Å². The quantitative estimate of drug-likeness (QED) is 0.582. The van der Waals surface area contributed by atoms with E-state index in [1.54, 1.807) is 0 Å². The number of benzene rings is 1. The van der Waals surface area contributed by atoms with E-state index >= 15 is 0 Å². The number of hydrogen-bond donors (Lipinski definition) is 1. The highest BCUT2D eigenvalue weighted by Crippen LogP contribution is 2.28. The molecule has 0 amide bonds. The molecule has 1 aliphatic rings. The first-order chi connectivity index (χ1) is 5.38. The fourth-order valence-electron chi connectivity index (χ4n) is 1.42. The lowest BCUT2D eigenvalue weighted by atomic mass is 10.0. The van der Waals surface area contributed by atoms with Gasteiger partial charge in [0.2, 0.25) is 0 Å². The van der Waals surface area contributed by atoms with Crippen molar-refractivity contribution in [2.75, 3.05) is 6.61 Å². The molecule has 2 nitrogen and oxygen atoms in total. The maximum atomic E-state index is 5.45. The molecular weight excluding hydrogens is 138 g/mol. The molecule has 1 aliphatic heterocycles. The molecule has 0 fully saturated rings. The maximum absolute atomic E-state index is 5.45. The van der Waals surface area contributed by atoms with Crippen molar-refractivity contribution in [3.8, 4) is 5.75 Å². The van der Waals surface area contributed by atoms with Crippen LogP contribution in [0, 0.1) is 0 Å². The Hall–Kier alpha value is -1.02. The van der Waals surface area contributed by atoms with Gasteiger partial charge in [0.1, 0.15) is 11.8 Å². The second-order valence-electron chi connectivity index (χ2n) is 2.87. The van der Waals surface area contributed by atoms with Gasteiger partial charge in [-0.2, -0.15) is 0 Å². The molecule has 3 N–H and O–H groups in total. The molecular formula is C9H12NO+. The third-order valence-electron chi connectivity index (χ3n) is 2.08. The lowest BCUT2D eigenvalue weighted by Crippen LogP contribution is -2.55. The van der Waals surface area contributed by atoms with Crippen LogP contribution in [-0.2, 0) is 0 Å². The first kappa shape index (κ1) is 6.68. The van der Waals surface area contributed by atoms with Gasteiger partial charge in [0.25, 0.3) is 0 Å². The van der Waals surface area contributed by atoms with Crippen LogP contribution in [0.3, 0.4) is 0 Å². The van der Waals surface area contributed by atoms with Crippen LogP contribution in [0.4, 0.5) is 0 Å². The molecule has 11 heavy (non-hydrogen) atoms. The molecule has 0 saturated heterocycles. The number of ether oxygens (including phenoxy) is 1. The third kappa shape index (κ3) is 1.10. The second-order valence-corrected chi connectivity index (χ2v) is 2.87. The number of fused-ring (bicyclic) bond motifs is 1. The smallest absolute Gasteiger partial charge is 0.128 e. The summed E-state index contributed by atoms with van der Waals surface area (Å²) in [5.74, 6) is 1.01. The summed E-state index contributed by atoms with van der Waals surface area (Å²) in [6, 6.07) is 8.54. The van der Waals surface area contributed by atoms with Crippen molar-refractivity contribution in [2.45, 2.75) is 12.5 Å². The minimum absolute atomic E-state index is 0.417. The van der Waals surface area contributed by atoms with Crippen LogP contribution >= 0.6 is 0 Å². The fourth-order valence-corrected chi connectivity index (χ4v) is 1.42. The number of rotatable bonds is 0. The molecule has 0 aromatic heterocycles. The largest absolute Gasteiger partial charge is 0.493 e. The molecule has 58 valence electrons. The normalized spacial score (nSPS) is 22.1. The van der Waals surface area contributed by atoms with Gasteiger partial charge in [0.05, 0.1) is 12.2 Å². The first-order valence-corrected chi connectivity index (χ1v) is 3.93. The van der Waals surface area contributed by atoms with E-state index in [9.17, 15) is 0 Å². The minimum atomic E-state index is 0.417. The average molecular weight is 150 g/mol.